The Labute approximate surface area is 202 Å². The monoisotopic (exact) mass is 499 g/mol. The molecule has 2 heterocycles. The maximum Gasteiger partial charge on any atom is 0.264 e. The maximum absolute atomic E-state index is 13.7. The van der Waals surface area contributed by atoms with Gasteiger partial charge < -0.3 is 20.1 Å². The van der Waals surface area contributed by atoms with Gasteiger partial charge in [-0.1, -0.05) is 0 Å². The topological polar surface area (TPSA) is 79.9 Å². The highest BCUT2D eigenvalue weighted by Gasteiger charge is 2.34. The van der Waals surface area contributed by atoms with Gasteiger partial charge in [-0.3, -0.25) is 4.31 Å². The Kier molecular flexibility index (Phi) is 5.78. The van der Waals surface area contributed by atoms with Crippen LogP contribution in [-0.4, -0.2) is 26.4 Å². The summed E-state index contributed by atoms with van der Waals surface area (Å²) in [4.78, 5) is 0.150. The summed E-state index contributed by atoms with van der Waals surface area (Å²) in [6.07, 6.45) is 1.26. The van der Waals surface area contributed by atoms with Crippen LogP contribution in [0.3, 0.4) is 0 Å². The van der Waals surface area contributed by atoms with E-state index in [1.807, 2.05) is 13.0 Å². The highest BCUT2D eigenvalue weighted by Crippen LogP contribution is 2.36. The largest absolute Gasteiger partial charge is 0.454 e. The van der Waals surface area contributed by atoms with Crippen molar-refractivity contribution in [3.8, 4) is 11.5 Å². The first-order valence-electron chi connectivity index (χ1n) is 10.7. The van der Waals surface area contributed by atoms with E-state index in [9.17, 15) is 12.8 Å². The Morgan fingerprint density at radius 2 is 1.71 bits per heavy atom. The van der Waals surface area contributed by atoms with Gasteiger partial charge in [0.1, 0.15) is 5.82 Å². The normalized spacial score (nSPS) is 16.6. The predicted molar refractivity (Wildman–Crippen MR) is 133 cm³/mol. The van der Waals surface area contributed by atoms with Crippen LogP contribution in [0.1, 0.15) is 18.9 Å². The molecule has 3 aromatic rings. The van der Waals surface area contributed by atoms with Crippen LogP contribution in [0.5, 0.6) is 11.5 Å². The molecule has 0 saturated carbocycles. The molecule has 0 fully saturated rings. The van der Waals surface area contributed by atoms with Gasteiger partial charge in [-0.25, -0.2) is 12.8 Å². The second-order valence-electron chi connectivity index (χ2n) is 8.13. The molecule has 7 nitrogen and oxygen atoms in total. The van der Waals surface area contributed by atoms with Crippen molar-refractivity contribution < 1.29 is 22.3 Å². The summed E-state index contributed by atoms with van der Waals surface area (Å²) in [6.45, 7) is 2.05. The number of anilines is 3. The molecule has 10 heteroatoms. The standard InChI is InChI=1S/C24H22FN3O4S2/c1-15-2-3-16-12-17(25)4-10-21(16)28(15)34(29,30)20-8-5-18(6-9-20)26-24(33)27-19-7-11-22-23(13-19)32-14-31-22/h4-13,15H,2-3,14H2,1H3,(H2,26,27,33). The number of thiocarbonyl (C=S) groups is 1. The van der Waals surface area contributed by atoms with Crippen LogP contribution in [0, 0.1) is 5.82 Å². The number of rotatable bonds is 4. The molecular weight excluding hydrogens is 477 g/mol. The van der Waals surface area contributed by atoms with Crippen LogP contribution in [0.15, 0.2) is 65.6 Å². The van der Waals surface area contributed by atoms with Crippen molar-refractivity contribution in [1.82, 2.24) is 0 Å². The number of hydrogen-bond donors (Lipinski definition) is 2. The SMILES string of the molecule is CC1CCc2cc(F)ccc2N1S(=O)(=O)c1ccc(NC(=S)Nc2ccc3c(c2)OCO3)cc1. The van der Waals surface area contributed by atoms with Gasteiger partial charge in [-0.15, -0.1) is 0 Å². The molecule has 0 aliphatic carbocycles. The summed E-state index contributed by atoms with van der Waals surface area (Å²) >= 11 is 5.37. The Morgan fingerprint density at radius 1 is 1.00 bits per heavy atom. The van der Waals surface area contributed by atoms with Gasteiger partial charge in [0.2, 0.25) is 6.79 Å². The van der Waals surface area contributed by atoms with Gasteiger partial charge in [0.05, 0.1) is 10.6 Å². The van der Waals surface area contributed by atoms with Crippen molar-refractivity contribution in [1.29, 1.82) is 0 Å². The van der Waals surface area contributed by atoms with Gasteiger partial charge in [0, 0.05) is 23.5 Å². The first-order chi connectivity index (χ1) is 16.3. The molecule has 0 bridgehead atoms. The summed E-state index contributed by atoms with van der Waals surface area (Å²) in [5, 5.41) is 6.45. The fraction of sp³-hybridized carbons (Fsp3) is 0.208. The predicted octanol–water partition coefficient (Wildman–Crippen LogP) is 4.89. The third kappa shape index (κ3) is 4.26. The van der Waals surface area contributed by atoms with E-state index in [-0.39, 0.29) is 23.5 Å². The Bertz CT molecular complexity index is 1360. The molecule has 3 aromatic carbocycles. The van der Waals surface area contributed by atoms with Gasteiger partial charge in [-0.2, -0.15) is 0 Å². The zero-order valence-corrected chi connectivity index (χ0v) is 19.9. The lowest BCUT2D eigenvalue weighted by atomic mass is 9.99. The highest BCUT2D eigenvalue weighted by molar-refractivity contribution is 7.92. The number of ether oxygens (including phenoxy) is 2. The van der Waals surface area contributed by atoms with E-state index < -0.39 is 10.0 Å². The minimum atomic E-state index is -3.83. The van der Waals surface area contributed by atoms with E-state index in [0.717, 1.165) is 5.69 Å². The van der Waals surface area contributed by atoms with Crippen LogP contribution in [0.2, 0.25) is 0 Å². The van der Waals surface area contributed by atoms with E-state index in [1.165, 1.54) is 34.6 Å². The molecule has 1 unspecified atom stereocenters. The molecule has 0 aromatic heterocycles. The molecule has 0 amide bonds. The number of halogens is 1. The average Bonchev–Trinajstić information content (AvgIpc) is 3.27. The highest BCUT2D eigenvalue weighted by atomic mass is 32.2. The van der Waals surface area contributed by atoms with Crippen molar-refractivity contribution in [3.05, 3.63) is 72.0 Å². The Hall–Kier alpha value is -3.37. The van der Waals surface area contributed by atoms with Crippen LogP contribution >= 0.6 is 12.2 Å². The minimum absolute atomic E-state index is 0.150. The molecule has 34 heavy (non-hydrogen) atoms. The summed E-state index contributed by atoms with van der Waals surface area (Å²) in [5.74, 6) is 0.946. The number of hydrogen-bond acceptors (Lipinski definition) is 5. The van der Waals surface area contributed by atoms with Crippen LogP contribution in [-0.2, 0) is 16.4 Å². The first kappa shape index (κ1) is 22.4. The molecule has 0 radical (unpaired) electrons. The van der Waals surface area contributed by atoms with E-state index >= 15 is 0 Å². The summed E-state index contributed by atoms with van der Waals surface area (Å²) in [5.41, 5.74) is 2.58. The van der Waals surface area contributed by atoms with E-state index in [1.54, 1.807) is 24.3 Å². The lowest BCUT2D eigenvalue weighted by Gasteiger charge is -2.36. The number of nitrogens with zero attached hydrogens (tertiary/aromatic N) is 1. The van der Waals surface area contributed by atoms with Crippen molar-refractivity contribution in [2.45, 2.75) is 30.7 Å². The fourth-order valence-corrected chi connectivity index (χ4v) is 6.11. The quantitative estimate of drug-likeness (QED) is 0.495. The molecule has 0 spiro atoms. The first-order valence-corrected chi connectivity index (χ1v) is 12.6. The van der Waals surface area contributed by atoms with Crippen LogP contribution in [0.4, 0.5) is 21.5 Å². The fourth-order valence-electron chi connectivity index (χ4n) is 4.15. The van der Waals surface area contributed by atoms with Crippen molar-refractivity contribution in [2.75, 3.05) is 21.7 Å². The van der Waals surface area contributed by atoms with Gasteiger partial charge in [-0.05, 0) is 92.1 Å². The van der Waals surface area contributed by atoms with Gasteiger partial charge in [0.15, 0.2) is 16.6 Å². The number of fused-ring (bicyclic) bond motifs is 2. The average molecular weight is 500 g/mol. The smallest absolute Gasteiger partial charge is 0.264 e. The van der Waals surface area contributed by atoms with Gasteiger partial charge >= 0.3 is 0 Å². The molecular formula is C24H22FN3O4S2. The number of benzene rings is 3. The van der Waals surface area contributed by atoms with Crippen LogP contribution < -0.4 is 24.4 Å². The number of sulfonamides is 1. The van der Waals surface area contributed by atoms with E-state index in [0.29, 0.717) is 46.4 Å². The summed E-state index contributed by atoms with van der Waals surface area (Å²) < 4.78 is 52.7. The summed E-state index contributed by atoms with van der Waals surface area (Å²) in [7, 11) is -3.83. The van der Waals surface area contributed by atoms with Crippen molar-refractivity contribution in [2.24, 2.45) is 0 Å². The molecule has 2 N–H and O–H groups in total. The Morgan fingerprint density at radius 3 is 2.50 bits per heavy atom. The van der Waals surface area contributed by atoms with Crippen molar-refractivity contribution >= 4 is 44.4 Å². The molecule has 2 aliphatic rings. The minimum Gasteiger partial charge on any atom is -0.454 e. The zero-order chi connectivity index (χ0) is 23.9. The third-order valence-electron chi connectivity index (χ3n) is 5.81. The molecule has 5 rings (SSSR count). The molecule has 0 saturated heterocycles. The Balaban J connectivity index is 1.31. The lowest BCUT2D eigenvalue weighted by Crippen LogP contribution is -2.42. The van der Waals surface area contributed by atoms with E-state index in [4.69, 9.17) is 21.7 Å². The second-order valence-corrected chi connectivity index (χ2v) is 10.4. The second kappa shape index (κ2) is 8.77. The lowest BCUT2D eigenvalue weighted by molar-refractivity contribution is 0.174. The molecule has 1 atom stereocenters. The zero-order valence-electron chi connectivity index (χ0n) is 18.2. The van der Waals surface area contributed by atoms with Gasteiger partial charge in [0.25, 0.3) is 10.0 Å². The maximum atomic E-state index is 13.7. The third-order valence-corrected chi connectivity index (χ3v) is 7.96. The number of aryl methyl sites for hydroxylation is 1. The molecule has 2 aliphatic heterocycles. The van der Waals surface area contributed by atoms with Crippen LogP contribution in [0.25, 0.3) is 0 Å². The van der Waals surface area contributed by atoms with E-state index in [2.05, 4.69) is 10.6 Å². The molecule has 176 valence electrons. The van der Waals surface area contributed by atoms with Crippen molar-refractivity contribution in [3.63, 3.8) is 0 Å². The summed E-state index contributed by atoms with van der Waals surface area (Å²) in [6, 6.07) is 15.8. The number of nitrogens with one attached hydrogen (secondary N) is 2.